The van der Waals surface area contributed by atoms with Crippen molar-refractivity contribution in [3.05, 3.63) is 95.6 Å². The number of alkyl carbamates (subject to hydrolysis) is 1. The minimum Gasteiger partial charge on any atom is -0.467 e. The van der Waals surface area contributed by atoms with Crippen LogP contribution in [0.3, 0.4) is 0 Å². The SMILES string of the molecule is COC(=O)C(NC(=O)OCC1c2ccccc2-c2ccccc21)C(O)c1ccccc1. The molecule has 3 aromatic carbocycles. The van der Waals surface area contributed by atoms with E-state index in [1.165, 1.54) is 7.11 Å². The van der Waals surface area contributed by atoms with Gasteiger partial charge in [0, 0.05) is 5.92 Å². The highest BCUT2D eigenvalue weighted by atomic mass is 16.6. The standard InChI is InChI=1S/C25H23NO5/c1-30-24(28)22(23(27)16-9-3-2-4-10-16)26-25(29)31-15-21-19-13-7-5-11-17(19)18-12-6-8-14-20(18)21/h2-14,21-23,27H,15H2,1H3,(H,26,29). The van der Waals surface area contributed by atoms with Crippen molar-refractivity contribution in [1.82, 2.24) is 5.32 Å². The number of ether oxygens (including phenoxy) is 2. The molecule has 1 aliphatic rings. The van der Waals surface area contributed by atoms with Gasteiger partial charge in [0.2, 0.25) is 0 Å². The Morgan fingerprint density at radius 1 is 0.903 bits per heavy atom. The Morgan fingerprint density at radius 2 is 1.45 bits per heavy atom. The molecule has 2 N–H and O–H groups in total. The maximum Gasteiger partial charge on any atom is 0.407 e. The van der Waals surface area contributed by atoms with Crippen LogP contribution in [0.2, 0.25) is 0 Å². The zero-order valence-electron chi connectivity index (χ0n) is 17.0. The van der Waals surface area contributed by atoms with Crippen molar-refractivity contribution >= 4 is 12.1 Å². The molecule has 0 heterocycles. The molecule has 0 saturated carbocycles. The van der Waals surface area contributed by atoms with E-state index in [0.29, 0.717) is 5.56 Å². The summed E-state index contributed by atoms with van der Waals surface area (Å²) in [6.45, 7) is 0.106. The van der Waals surface area contributed by atoms with Gasteiger partial charge in [-0.25, -0.2) is 9.59 Å². The van der Waals surface area contributed by atoms with E-state index in [9.17, 15) is 14.7 Å². The largest absolute Gasteiger partial charge is 0.467 e. The lowest BCUT2D eigenvalue weighted by Crippen LogP contribution is -2.46. The molecule has 0 aromatic heterocycles. The topological polar surface area (TPSA) is 84.9 Å². The number of carbonyl (C=O) groups excluding carboxylic acids is 2. The van der Waals surface area contributed by atoms with E-state index in [1.807, 2.05) is 36.4 Å². The van der Waals surface area contributed by atoms with Gasteiger partial charge in [-0.05, 0) is 27.8 Å². The molecule has 158 valence electrons. The average molecular weight is 417 g/mol. The summed E-state index contributed by atoms with van der Waals surface area (Å²) in [5, 5.41) is 13.1. The number of methoxy groups -OCH3 is 1. The first-order valence-electron chi connectivity index (χ1n) is 10.0. The summed E-state index contributed by atoms with van der Waals surface area (Å²) in [4.78, 5) is 24.7. The molecular formula is C25H23NO5. The van der Waals surface area contributed by atoms with Gasteiger partial charge in [0.25, 0.3) is 0 Å². The molecule has 0 saturated heterocycles. The lowest BCUT2D eigenvalue weighted by atomic mass is 9.98. The van der Waals surface area contributed by atoms with Gasteiger partial charge in [0.05, 0.1) is 7.11 Å². The number of hydrogen-bond donors (Lipinski definition) is 2. The molecule has 0 radical (unpaired) electrons. The van der Waals surface area contributed by atoms with Crippen LogP contribution in [-0.4, -0.2) is 36.9 Å². The Bertz CT molecular complexity index is 1040. The van der Waals surface area contributed by atoms with Gasteiger partial charge in [0.15, 0.2) is 6.04 Å². The highest BCUT2D eigenvalue weighted by Gasteiger charge is 2.33. The van der Waals surface area contributed by atoms with Crippen molar-refractivity contribution in [3.63, 3.8) is 0 Å². The molecule has 2 atom stereocenters. The summed E-state index contributed by atoms with van der Waals surface area (Å²) >= 11 is 0. The van der Waals surface area contributed by atoms with E-state index in [0.717, 1.165) is 22.3 Å². The predicted molar refractivity (Wildman–Crippen MR) is 115 cm³/mol. The third-order valence-electron chi connectivity index (χ3n) is 5.53. The molecule has 31 heavy (non-hydrogen) atoms. The minimum absolute atomic E-state index is 0.103. The average Bonchev–Trinajstić information content (AvgIpc) is 3.14. The molecule has 6 heteroatoms. The van der Waals surface area contributed by atoms with Crippen molar-refractivity contribution in [2.75, 3.05) is 13.7 Å². The fourth-order valence-corrected chi connectivity index (χ4v) is 4.00. The zero-order valence-corrected chi connectivity index (χ0v) is 17.0. The van der Waals surface area contributed by atoms with Crippen LogP contribution in [0.1, 0.15) is 28.7 Å². The number of amides is 1. The van der Waals surface area contributed by atoms with Gasteiger partial charge in [-0.1, -0.05) is 78.9 Å². The van der Waals surface area contributed by atoms with Gasteiger partial charge in [-0.15, -0.1) is 0 Å². The molecule has 1 aliphatic carbocycles. The number of benzene rings is 3. The zero-order chi connectivity index (χ0) is 21.8. The first-order chi connectivity index (χ1) is 15.1. The highest BCUT2D eigenvalue weighted by molar-refractivity contribution is 5.82. The summed E-state index contributed by atoms with van der Waals surface area (Å²) in [6, 6.07) is 23.4. The summed E-state index contributed by atoms with van der Waals surface area (Å²) in [7, 11) is 1.20. The summed E-state index contributed by atoms with van der Waals surface area (Å²) in [5.41, 5.74) is 4.91. The number of fused-ring (bicyclic) bond motifs is 3. The second kappa shape index (κ2) is 9.02. The van der Waals surface area contributed by atoms with Crippen molar-refractivity contribution in [3.8, 4) is 11.1 Å². The van der Waals surface area contributed by atoms with Crippen LogP contribution in [0, 0.1) is 0 Å². The van der Waals surface area contributed by atoms with Crippen LogP contribution in [-0.2, 0) is 14.3 Å². The number of rotatable bonds is 6. The van der Waals surface area contributed by atoms with Crippen LogP contribution in [0.5, 0.6) is 0 Å². The van der Waals surface area contributed by atoms with Gasteiger partial charge >= 0.3 is 12.1 Å². The molecule has 0 bridgehead atoms. The number of aliphatic hydroxyl groups excluding tert-OH is 1. The van der Waals surface area contributed by atoms with E-state index < -0.39 is 24.2 Å². The number of aliphatic hydroxyl groups is 1. The highest BCUT2D eigenvalue weighted by Crippen LogP contribution is 2.44. The molecule has 3 aromatic rings. The fourth-order valence-electron chi connectivity index (χ4n) is 4.00. The predicted octanol–water partition coefficient (Wildman–Crippen LogP) is 3.80. The van der Waals surface area contributed by atoms with Gasteiger partial charge in [0.1, 0.15) is 12.7 Å². The van der Waals surface area contributed by atoms with E-state index in [2.05, 4.69) is 17.4 Å². The lowest BCUT2D eigenvalue weighted by Gasteiger charge is -2.22. The minimum atomic E-state index is -1.29. The summed E-state index contributed by atoms with van der Waals surface area (Å²) < 4.78 is 10.2. The second-order valence-corrected chi connectivity index (χ2v) is 7.33. The molecule has 1 amide bonds. The smallest absolute Gasteiger partial charge is 0.407 e. The van der Waals surface area contributed by atoms with Crippen molar-refractivity contribution in [1.29, 1.82) is 0 Å². The molecular weight excluding hydrogens is 394 g/mol. The molecule has 6 nitrogen and oxygen atoms in total. The van der Waals surface area contributed by atoms with Crippen LogP contribution >= 0.6 is 0 Å². The maximum atomic E-state index is 12.5. The van der Waals surface area contributed by atoms with E-state index in [4.69, 9.17) is 9.47 Å². The molecule has 4 rings (SSSR count). The Labute approximate surface area is 180 Å². The Kier molecular flexibility index (Phi) is 6.00. The molecule has 2 unspecified atom stereocenters. The number of hydrogen-bond acceptors (Lipinski definition) is 5. The third-order valence-corrected chi connectivity index (χ3v) is 5.53. The first kappa shape index (κ1) is 20.6. The number of carbonyl (C=O) groups is 2. The van der Waals surface area contributed by atoms with Crippen LogP contribution in [0.25, 0.3) is 11.1 Å². The molecule has 0 aliphatic heterocycles. The number of nitrogens with one attached hydrogen (secondary N) is 1. The van der Waals surface area contributed by atoms with Gasteiger partial charge in [-0.3, -0.25) is 0 Å². The molecule has 0 fully saturated rings. The second-order valence-electron chi connectivity index (χ2n) is 7.33. The third kappa shape index (κ3) is 4.15. The van der Waals surface area contributed by atoms with Crippen molar-refractivity contribution < 1.29 is 24.2 Å². The Balaban J connectivity index is 1.47. The number of esters is 1. The first-order valence-corrected chi connectivity index (χ1v) is 10.0. The summed E-state index contributed by atoms with van der Waals surface area (Å²) in [6.07, 6.45) is -2.07. The van der Waals surface area contributed by atoms with Crippen LogP contribution in [0.4, 0.5) is 4.79 Å². The summed E-state index contributed by atoms with van der Waals surface area (Å²) in [5.74, 6) is -0.862. The van der Waals surface area contributed by atoms with Crippen molar-refractivity contribution in [2.45, 2.75) is 18.1 Å². The monoisotopic (exact) mass is 417 g/mol. The van der Waals surface area contributed by atoms with E-state index in [1.54, 1.807) is 30.3 Å². The normalized spacial score (nSPS) is 14.1. The lowest BCUT2D eigenvalue weighted by molar-refractivity contribution is -0.146. The van der Waals surface area contributed by atoms with Gasteiger partial charge in [-0.2, -0.15) is 0 Å². The molecule has 0 spiro atoms. The maximum absolute atomic E-state index is 12.5. The van der Waals surface area contributed by atoms with Crippen LogP contribution < -0.4 is 5.32 Å². The van der Waals surface area contributed by atoms with Crippen molar-refractivity contribution in [2.24, 2.45) is 0 Å². The fraction of sp³-hybridized carbons (Fsp3) is 0.200. The quantitative estimate of drug-likeness (QED) is 0.596. The van der Waals surface area contributed by atoms with Gasteiger partial charge < -0.3 is 19.9 Å². The van der Waals surface area contributed by atoms with Crippen LogP contribution in [0.15, 0.2) is 78.9 Å². The van der Waals surface area contributed by atoms with E-state index >= 15 is 0 Å². The van der Waals surface area contributed by atoms with E-state index in [-0.39, 0.29) is 12.5 Å². The Morgan fingerprint density at radius 3 is 2.03 bits per heavy atom. The Hall–Kier alpha value is -3.64.